The Hall–Kier alpha value is -2.95. The molecule has 0 heterocycles. The van der Waals surface area contributed by atoms with Gasteiger partial charge in [-0.05, 0) is 52.6 Å². The monoisotopic (exact) mass is 456 g/mol. The van der Waals surface area contributed by atoms with E-state index in [0.717, 1.165) is 28.0 Å². The van der Waals surface area contributed by atoms with Crippen molar-refractivity contribution in [2.75, 3.05) is 13.2 Å². The molecular weight excluding hydrogens is 435 g/mol. The zero-order valence-electron chi connectivity index (χ0n) is 16.8. The fourth-order valence-corrected chi connectivity index (χ4v) is 3.61. The fraction of sp³-hybridized carbons (Fsp3) is 0.160. The summed E-state index contributed by atoms with van der Waals surface area (Å²) in [4.78, 5) is 11.0. The number of carboxylic acid groups (broad SMARTS) is 1. The summed E-state index contributed by atoms with van der Waals surface area (Å²) in [5.74, 6) is 0.456. The number of carboxylic acids is 1. The summed E-state index contributed by atoms with van der Waals surface area (Å²) in [7, 11) is 0. The molecule has 0 radical (unpaired) electrons. The van der Waals surface area contributed by atoms with Crippen LogP contribution in [0.1, 0.15) is 11.1 Å². The second-order valence-corrected chi connectivity index (χ2v) is 7.71. The number of hydrogen-bond donors (Lipinski definition) is 1. The second kappa shape index (κ2) is 10.9. The molecule has 0 amide bonds. The molecule has 0 aliphatic heterocycles. The number of aliphatic carboxylic acids is 1. The highest BCUT2D eigenvalue weighted by atomic mass is 35.5. The highest BCUT2D eigenvalue weighted by molar-refractivity contribution is 6.35. The maximum Gasteiger partial charge on any atom is 0.307 e. The highest BCUT2D eigenvalue weighted by Gasteiger charge is 2.10. The van der Waals surface area contributed by atoms with Gasteiger partial charge in [0, 0.05) is 11.4 Å². The van der Waals surface area contributed by atoms with Gasteiger partial charge in [-0.3, -0.25) is 4.79 Å². The topological polar surface area (TPSA) is 55.8 Å². The molecule has 0 fully saturated rings. The van der Waals surface area contributed by atoms with E-state index in [1.54, 1.807) is 24.3 Å². The van der Waals surface area contributed by atoms with E-state index in [1.165, 1.54) is 0 Å². The van der Waals surface area contributed by atoms with Gasteiger partial charge in [0.15, 0.2) is 0 Å². The zero-order chi connectivity index (χ0) is 22.2. The molecule has 0 aliphatic carbocycles. The van der Waals surface area contributed by atoms with Crippen LogP contribution in [0.25, 0.3) is 11.1 Å². The van der Waals surface area contributed by atoms with Crippen LogP contribution in [0.15, 0.2) is 73.3 Å². The molecule has 0 aromatic heterocycles. The van der Waals surface area contributed by atoms with Crippen LogP contribution in [0.5, 0.6) is 11.5 Å². The Morgan fingerprint density at radius 1 is 0.968 bits per heavy atom. The van der Waals surface area contributed by atoms with Crippen molar-refractivity contribution < 1.29 is 19.4 Å². The summed E-state index contributed by atoms with van der Waals surface area (Å²) < 4.78 is 11.6. The predicted molar refractivity (Wildman–Crippen MR) is 125 cm³/mol. The van der Waals surface area contributed by atoms with E-state index in [9.17, 15) is 4.79 Å². The molecular formula is C25H22Cl2O4. The van der Waals surface area contributed by atoms with Gasteiger partial charge in [-0.2, -0.15) is 0 Å². The van der Waals surface area contributed by atoms with Gasteiger partial charge in [0.05, 0.1) is 18.1 Å². The van der Waals surface area contributed by atoms with E-state index in [0.29, 0.717) is 35.4 Å². The Morgan fingerprint density at radius 3 is 2.48 bits per heavy atom. The standard InChI is InChI=1S/C25H22Cl2O4/c1-2-11-30-23-8-6-19(18-5-3-4-17(13-18)14-25(28)29)15-20(23)10-12-31-24-9-7-21(26)16-22(24)27/h2-9,13,15-16H,1,10-12,14H2,(H,28,29). The maximum absolute atomic E-state index is 11.0. The number of ether oxygens (including phenoxy) is 2. The largest absolute Gasteiger partial charge is 0.492 e. The lowest BCUT2D eigenvalue weighted by atomic mass is 9.98. The lowest BCUT2D eigenvalue weighted by Gasteiger charge is -2.14. The van der Waals surface area contributed by atoms with E-state index in [2.05, 4.69) is 6.58 Å². The van der Waals surface area contributed by atoms with Crippen LogP contribution in [-0.4, -0.2) is 24.3 Å². The van der Waals surface area contributed by atoms with Crippen LogP contribution in [0.4, 0.5) is 0 Å². The average Bonchev–Trinajstić information content (AvgIpc) is 2.74. The van der Waals surface area contributed by atoms with E-state index in [-0.39, 0.29) is 6.42 Å². The molecule has 0 bridgehead atoms. The lowest BCUT2D eigenvalue weighted by Crippen LogP contribution is -2.05. The zero-order valence-corrected chi connectivity index (χ0v) is 18.3. The molecule has 0 aliphatic rings. The highest BCUT2D eigenvalue weighted by Crippen LogP contribution is 2.30. The third-order valence-corrected chi connectivity index (χ3v) is 5.09. The van der Waals surface area contributed by atoms with E-state index in [1.807, 2.05) is 42.5 Å². The van der Waals surface area contributed by atoms with Crippen molar-refractivity contribution in [2.24, 2.45) is 0 Å². The molecule has 1 N–H and O–H groups in total. The molecule has 0 saturated heterocycles. The SMILES string of the molecule is C=CCOc1ccc(-c2cccc(CC(=O)O)c2)cc1CCOc1ccc(Cl)cc1Cl. The van der Waals surface area contributed by atoms with Crippen molar-refractivity contribution in [3.05, 3.63) is 94.5 Å². The number of rotatable bonds is 10. The van der Waals surface area contributed by atoms with E-state index >= 15 is 0 Å². The summed E-state index contributed by atoms with van der Waals surface area (Å²) >= 11 is 12.1. The van der Waals surface area contributed by atoms with E-state index < -0.39 is 5.97 Å². The van der Waals surface area contributed by atoms with Crippen molar-refractivity contribution >= 4 is 29.2 Å². The van der Waals surface area contributed by atoms with Gasteiger partial charge in [-0.25, -0.2) is 0 Å². The summed E-state index contributed by atoms with van der Waals surface area (Å²) in [6, 6.07) is 18.5. The summed E-state index contributed by atoms with van der Waals surface area (Å²) in [5, 5.41) is 10.1. The maximum atomic E-state index is 11.0. The van der Waals surface area contributed by atoms with Crippen molar-refractivity contribution in [3.8, 4) is 22.6 Å². The minimum Gasteiger partial charge on any atom is -0.492 e. The van der Waals surface area contributed by atoms with Crippen molar-refractivity contribution in [3.63, 3.8) is 0 Å². The van der Waals surface area contributed by atoms with Crippen LogP contribution >= 0.6 is 23.2 Å². The van der Waals surface area contributed by atoms with Crippen LogP contribution in [0.2, 0.25) is 10.0 Å². The third kappa shape index (κ3) is 6.51. The van der Waals surface area contributed by atoms with Gasteiger partial charge in [0.1, 0.15) is 18.1 Å². The Kier molecular flexibility index (Phi) is 7.99. The van der Waals surface area contributed by atoms with Crippen molar-refractivity contribution in [2.45, 2.75) is 12.8 Å². The number of benzene rings is 3. The minimum atomic E-state index is -0.857. The number of carbonyl (C=O) groups is 1. The van der Waals surface area contributed by atoms with Crippen LogP contribution in [-0.2, 0) is 17.6 Å². The Labute approximate surface area is 191 Å². The first kappa shape index (κ1) is 22.7. The fourth-order valence-electron chi connectivity index (χ4n) is 3.14. The first-order chi connectivity index (χ1) is 15.0. The van der Waals surface area contributed by atoms with Crippen LogP contribution in [0, 0.1) is 0 Å². The average molecular weight is 457 g/mol. The molecule has 31 heavy (non-hydrogen) atoms. The molecule has 3 rings (SSSR count). The summed E-state index contributed by atoms with van der Waals surface area (Å²) in [6.07, 6.45) is 2.27. The van der Waals surface area contributed by atoms with Gasteiger partial charge >= 0.3 is 5.97 Å². The normalized spacial score (nSPS) is 10.5. The van der Waals surface area contributed by atoms with Gasteiger partial charge in [0.2, 0.25) is 0 Å². The van der Waals surface area contributed by atoms with Crippen LogP contribution < -0.4 is 9.47 Å². The molecule has 3 aromatic rings. The Bertz CT molecular complexity index is 1080. The van der Waals surface area contributed by atoms with Gasteiger partial charge < -0.3 is 14.6 Å². The molecule has 0 saturated carbocycles. The van der Waals surface area contributed by atoms with Gasteiger partial charge in [-0.1, -0.05) is 66.2 Å². The predicted octanol–water partition coefficient (Wildman–Crippen LogP) is 6.47. The molecule has 4 nitrogen and oxygen atoms in total. The first-order valence-electron chi connectivity index (χ1n) is 9.72. The molecule has 6 heteroatoms. The number of hydrogen-bond acceptors (Lipinski definition) is 3. The minimum absolute atomic E-state index is 0.0169. The lowest BCUT2D eigenvalue weighted by molar-refractivity contribution is -0.136. The molecule has 0 spiro atoms. The van der Waals surface area contributed by atoms with E-state index in [4.69, 9.17) is 37.8 Å². The summed E-state index contributed by atoms with van der Waals surface area (Å²) in [6.45, 7) is 4.49. The molecule has 160 valence electrons. The molecule has 0 unspecified atom stereocenters. The first-order valence-corrected chi connectivity index (χ1v) is 10.5. The Morgan fingerprint density at radius 2 is 1.74 bits per heavy atom. The van der Waals surface area contributed by atoms with Crippen LogP contribution in [0.3, 0.4) is 0 Å². The van der Waals surface area contributed by atoms with Crippen molar-refractivity contribution in [1.82, 2.24) is 0 Å². The number of halogens is 2. The molecule has 3 aromatic carbocycles. The summed E-state index contributed by atoms with van der Waals surface area (Å²) in [5.41, 5.74) is 3.63. The Balaban J connectivity index is 1.81. The van der Waals surface area contributed by atoms with Crippen molar-refractivity contribution in [1.29, 1.82) is 0 Å². The third-order valence-electron chi connectivity index (χ3n) is 4.56. The smallest absolute Gasteiger partial charge is 0.307 e. The second-order valence-electron chi connectivity index (χ2n) is 6.87. The molecule has 0 atom stereocenters. The van der Waals surface area contributed by atoms with Gasteiger partial charge in [-0.15, -0.1) is 0 Å². The quantitative estimate of drug-likeness (QED) is 0.355. The van der Waals surface area contributed by atoms with Gasteiger partial charge in [0.25, 0.3) is 0 Å².